The van der Waals surface area contributed by atoms with Gasteiger partial charge in [-0.1, -0.05) is 60.7 Å². The third-order valence-corrected chi connectivity index (χ3v) is 5.42. The molecule has 0 saturated heterocycles. The van der Waals surface area contributed by atoms with Gasteiger partial charge in [0.05, 0.1) is 0 Å². The van der Waals surface area contributed by atoms with Crippen LogP contribution in [0.1, 0.15) is 31.8 Å². The first-order valence-corrected chi connectivity index (χ1v) is 9.87. The van der Waals surface area contributed by atoms with Crippen molar-refractivity contribution in [3.63, 3.8) is 0 Å². The molecule has 29 heavy (non-hydrogen) atoms. The van der Waals surface area contributed by atoms with Gasteiger partial charge in [-0.3, -0.25) is 9.59 Å². The molecule has 1 unspecified atom stereocenters. The number of Topliss-reactive ketones (excluding diaryl/α,β-unsaturated/α-hetero) is 1. The molecule has 1 atom stereocenters. The summed E-state index contributed by atoms with van der Waals surface area (Å²) in [5.74, 6) is -0.172. The van der Waals surface area contributed by atoms with E-state index in [1.54, 1.807) is 12.1 Å². The summed E-state index contributed by atoms with van der Waals surface area (Å²) in [5.41, 5.74) is 4.23. The number of amides is 1. The van der Waals surface area contributed by atoms with Crippen LogP contribution in [0.2, 0.25) is 0 Å². The zero-order valence-electron chi connectivity index (χ0n) is 16.5. The van der Waals surface area contributed by atoms with Gasteiger partial charge in [-0.15, -0.1) is 0 Å². The molecule has 0 aromatic heterocycles. The van der Waals surface area contributed by atoms with Gasteiger partial charge in [0, 0.05) is 42.9 Å². The van der Waals surface area contributed by atoms with Gasteiger partial charge in [0.15, 0.2) is 5.78 Å². The molecule has 0 spiro atoms. The van der Waals surface area contributed by atoms with E-state index in [9.17, 15) is 9.59 Å². The summed E-state index contributed by atoms with van der Waals surface area (Å²) in [6.07, 6.45) is 0.702. The van der Waals surface area contributed by atoms with Gasteiger partial charge >= 0.3 is 0 Å². The van der Waals surface area contributed by atoms with Gasteiger partial charge in [0.2, 0.25) is 0 Å². The first-order valence-electron chi connectivity index (χ1n) is 9.87. The predicted molar refractivity (Wildman–Crippen MR) is 115 cm³/mol. The van der Waals surface area contributed by atoms with E-state index in [2.05, 4.69) is 22.3 Å². The maximum absolute atomic E-state index is 13.2. The Hall–Kier alpha value is -3.40. The third-order valence-electron chi connectivity index (χ3n) is 5.42. The van der Waals surface area contributed by atoms with E-state index in [1.165, 1.54) is 0 Å². The van der Waals surface area contributed by atoms with Gasteiger partial charge in [0.25, 0.3) is 5.91 Å². The molecule has 1 aliphatic rings. The minimum absolute atomic E-state index is 0.111. The van der Waals surface area contributed by atoms with Crippen molar-refractivity contribution >= 4 is 17.4 Å². The second kappa shape index (κ2) is 8.31. The quantitative estimate of drug-likeness (QED) is 0.720. The van der Waals surface area contributed by atoms with Crippen molar-refractivity contribution in [2.45, 2.75) is 13.0 Å². The van der Waals surface area contributed by atoms with Crippen LogP contribution in [0.4, 0.5) is 5.69 Å². The second-order valence-corrected chi connectivity index (χ2v) is 7.53. The number of benzene rings is 3. The number of carbonyl (C=O) groups excluding carboxylic acids is 2. The van der Waals surface area contributed by atoms with Crippen LogP contribution in [-0.2, 0) is 13.0 Å². The molecule has 1 heterocycles. The normalized spacial score (nSPS) is 15.7. The highest BCUT2D eigenvalue weighted by molar-refractivity contribution is 6.07. The summed E-state index contributed by atoms with van der Waals surface area (Å²) >= 11 is 0. The summed E-state index contributed by atoms with van der Waals surface area (Å²) in [5, 5.41) is 2.94. The number of hydrogen-bond acceptors (Lipinski definition) is 3. The van der Waals surface area contributed by atoms with Crippen molar-refractivity contribution in [1.82, 2.24) is 5.32 Å². The Bertz CT molecular complexity index is 1020. The fourth-order valence-electron chi connectivity index (χ4n) is 3.88. The molecule has 0 fully saturated rings. The maximum atomic E-state index is 13.2. The molecule has 146 valence electrons. The molecule has 4 rings (SSSR count). The number of rotatable bonds is 5. The SMILES string of the molecule is CN1CC(Cc2ccccc2)C(=O)c2cc(C(=O)NCc3ccccc3)ccc21. The van der Waals surface area contributed by atoms with E-state index in [4.69, 9.17) is 0 Å². The lowest BCUT2D eigenvalue weighted by Crippen LogP contribution is -2.38. The number of hydrogen-bond donors (Lipinski definition) is 1. The largest absolute Gasteiger partial charge is 0.373 e. The molecule has 1 N–H and O–H groups in total. The Kier molecular flexibility index (Phi) is 5.43. The highest BCUT2D eigenvalue weighted by atomic mass is 16.1. The van der Waals surface area contributed by atoms with Crippen LogP contribution < -0.4 is 10.2 Å². The highest BCUT2D eigenvalue weighted by Crippen LogP contribution is 2.31. The topological polar surface area (TPSA) is 49.4 Å². The number of nitrogens with one attached hydrogen (secondary N) is 1. The average molecular weight is 384 g/mol. The van der Waals surface area contributed by atoms with Crippen LogP contribution in [0, 0.1) is 5.92 Å². The molecule has 4 heteroatoms. The van der Waals surface area contributed by atoms with E-state index < -0.39 is 0 Å². The van der Waals surface area contributed by atoms with E-state index in [-0.39, 0.29) is 17.6 Å². The van der Waals surface area contributed by atoms with Gasteiger partial charge in [-0.25, -0.2) is 0 Å². The molecule has 3 aromatic rings. The molecule has 0 aliphatic carbocycles. The second-order valence-electron chi connectivity index (χ2n) is 7.53. The molecule has 3 aromatic carbocycles. The van der Waals surface area contributed by atoms with Crippen molar-refractivity contribution in [1.29, 1.82) is 0 Å². The summed E-state index contributed by atoms with van der Waals surface area (Å²) in [6.45, 7) is 1.14. The zero-order chi connectivity index (χ0) is 20.2. The van der Waals surface area contributed by atoms with Gasteiger partial charge in [-0.2, -0.15) is 0 Å². The molecule has 0 radical (unpaired) electrons. The van der Waals surface area contributed by atoms with Crippen molar-refractivity contribution in [2.24, 2.45) is 5.92 Å². The van der Waals surface area contributed by atoms with E-state index >= 15 is 0 Å². The summed E-state index contributed by atoms with van der Waals surface area (Å²) in [7, 11) is 2.00. The Labute approximate surface area is 171 Å². The summed E-state index contributed by atoms with van der Waals surface area (Å²) < 4.78 is 0. The van der Waals surface area contributed by atoms with Crippen LogP contribution in [-0.4, -0.2) is 25.3 Å². The predicted octanol–water partition coefficient (Wildman–Crippen LogP) is 4.11. The van der Waals surface area contributed by atoms with E-state index in [0.717, 1.165) is 16.8 Å². The van der Waals surface area contributed by atoms with Crippen LogP contribution in [0.5, 0.6) is 0 Å². The van der Waals surface area contributed by atoms with Crippen LogP contribution >= 0.6 is 0 Å². The maximum Gasteiger partial charge on any atom is 0.251 e. The lowest BCUT2D eigenvalue weighted by Gasteiger charge is -2.32. The van der Waals surface area contributed by atoms with Crippen molar-refractivity contribution in [2.75, 3.05) is 18.5 Å². The molecule has 0 bridgehead atoms. The minimum atomic E-state index is -0.169. The average Bonchev–Trinajstić information content (AvgIpc) is 2.76. The van der Waals surface area contributed by atoms with Crippen LogP contribution in [0.15, 0.2) is 78.9 Å². The lowest BCUT2D eigenvalue weighted by atomic mass is 9.86. The number of fused-ring (bicyclic) bond motifs is 1. The van der Waals surface area contributed by atoms with Gasteiger partial charge in [-0.05, 0) is 35.7 Å². The molecule has 1 amide bonds. The van der Waals surface area contributed by atoms with Crippen LogP contribution in [0.3, 0.4) is 0 Å². The number of nitrogens with zero attached hydrogens (tertiary/aromatic N) is 1. The standard InChI is InChI=1S/C25H24N2O2/c1-27-17-21(14-18-8-4-2-5-9-18)24(28)22-15-20(12-13-23(22)27)25(29)26-16-19-10-6-3-7-11-19/h2-13,15,21H,14,16-17H2,1H3,(H,26,29). The van der Waals surface area contributed by atoms with Gasteiger partial charge < -0.3 is 10.2 Å². The molecule has 4 nitrogen and oxygen atoms in total. The molecular weight excluding hydrogens is 360 g/mol. The lowest BCUT2D eigenvalue weighted by molar-refractivity contribution is 0.0916. The van der Waals surface area contributed by atoms with Crippen molar-refractivity contribution in [3.8, 4) is 0 Å². The number of ketones is 1. The Morgan fingerprint density at radius 3 is 2.31 bits per heavy atom. The fourth-order valence-corrected chi connectivity index (χ4v) is 3.88. The fraction of sp³-hybridized carbons (Fsp3) is 0.200. The number of carbonyl (C=O) groups is 2. The van der Waals surface area contributed by atoms with Crippen molar-refractivity contribution in [3.05, 3.63) is 101 Å². The first-order chi connectivity index (χ1) is 14.1. The smallest absolute Gasteiger partial charge is 0.251 e. The molecular formula is C25H24N2O2. The highest BCUT2D eigenvalue weighted by Gasteiger charge is 2.31. The monoisotopic (exact) mass is 384 g/mol. The van der Waals surface area contributed by atoms with E-state index in [1.807, 2.05) is 61.6 Å². The van der Waals surface area contributed by atoms with Crippen LogP contribution in [0.25, 0.3) is 0 Å². The summed E-state index contributed by atoms with van der Waals surface area (Å²) in [6, 6.07) is 25.3. The molecule has 0 saturated carbocycles. The van der Waals surface area contributed by atoms with E-state index in [0.29, 0.717) is 30.6 Å². The minimum Gasteiger partial charge on any atom is -0.373 e. The first kappa shape index (κ1) is 18.9. The Morgan fingerprint density at radius 1 is 0.966 bits per heavy atom. The van der Waals surface area contributed by atoms with Crippen molar-refractivity contribution < 1.29 is 9.59 Å². The Balaban J connectivity index is 1.52. The molecule has 1 aliphatic heterocycles. The summed E-state index contributed by atoms with van der Waals surface area (Å²) in [4.78, 5) is 27.9. The van der Waals surface area contributed by atoms with Gasteiger partial charge in [0.1, 0.15) is 0 Å². The third kappa shape index (κ3) is 4.21. The number of anilines is 1. The zero-order valence-corrected chi connectivity index (χ0v) is 16.5. The Morgan fingerprint density at radius 2 is 1.62 bits per heavy atom.